The number of benzene rings is 3. The molecule has 2 heterocycles. The number of hydrogen-bond donors (Lipinski definition) is 4. The van der Waals surface area contributed by atoms with Gasteiger partial charge in [0.05, 0.1) is 24.1 Å². The topological polar surface area (TPSA) is 191 Å². The lowest BCUT2D eigenvalue weighted by molar-refractivity contribution is -0.133. The fourth-order valence-corrected chi connectivity index (χ4v) is 7.65. The molecule has 320 valence electrons. The van der Waals surface area contributed by atoms with Crippen molar-refractivity contribution in [1.82, 2.24) is 25.7 Å². The van der Waals surface area contributed by atoms with Crippen molar-refractivity contribution in [2.24, 2.45) is 5.41 Å². The predicted molar refractivity (Wildman–Crippen MR) is 231 cm³/mol. The zero-order valence-electron chi connectivity index (χ0n) is 35.4. The lowest BCUT2D eigenvalue weighted by Gasteiger charge is -2.33. The summed E-state index contributed by atoms with van der Waals surface area (Å²) in [5, 5.41) is 8.85. The Morgan fingerprint density at radius 2 is 1.67 bits per heavy atom. The Bertz CT molecular complexity index is 2350. The molecule has 0 saturated carbocycles. The van der Waals surface area contributed by atoms with Crippen molar-refractivity contribution in [1.29, 1.82) is 0 Å². The van der Waals surface area contributed by atoms with Gasteiger partial charge >= 0.3 is 6.09 Å². The van der Waals surface area contributed by atoms with Gasteiger partial charge in [0.15, 0.2) is 0 Å². The molecule has 0 spiro atoms. The lowest BCUT2D eigenvalue weighted by Crippen LogP contribution is -2.57. The molecule has 2 bridgehead atoms. The van der Waals surface area contributed by atoms with E-state index in [1.54, 1.807) is 85.9 Å². The summed E-state index contributed by atoms with van der Waals surface area (Å²) in [7, 11) is -2.47. The van der Waals surface area contributed by atoms with Crippen LogP contribution in [0.15, 0.2) is 78.9 Å². The first-order valence-corrected chi connectivity index (χ1v) is 21.6. The summed E-state index contributed by atoms with van der Waals surface area (Å²) in [6.45, 7) is 12.2. The van der Waals surface area contributed by atoms with E-state index >= 15 is 0 Å². The van der Waals surface area contributed by atoms with Crippen LogP contribution in [0.5, 0.6) is 17.2 Å². The summed E-state index contributed by atoms with van der Waals surface area (Å²) in [5.74, 6) is -1.21. The third-order valence-corrected chi connectivity index (χ3v) is 10.9. The van der Waals surface area contributed by atoms with Gasteiger partial charge in [-0.3, -0.25) is 19.1 Å². The van der Waals surface area contributed by atoms with Gasteiger partial charge in [-0.2, -0.15) is 0 Å². The zero-order chi connectivity index (χ0) is 43.8. The fraction of sp³-hybridized carbons (Fsp3) is 0.400. The van der Waals surface area contributed by atoms with Crippen LogP contribution in [0.3, 0.4) is 0 Å². The molecular weight excluding hydrogens is 787 g/mol. The van der Waals surface area contributed by atoms with E-state index in [0.29, 0.717) is 57.8 Å². The van der Waals surface area contributed by atoms with Crippen molar-refractivity contribution in [3.63, 3.8) is 0 Å². The minimum Gasteiger partial charge on any atom is -0.497 e. The summed E-state index contributed by atoms with van der Waals surface area (Å²) < 4.78 is 45.7. The molecule has 1 aliphatic rings. The molecule has 1 aliphatic heterocycles. The number of pyridine rings is 1. The second kappa shape index (κ2) is 19.0. The van der Waals surface area contributed by atoms with Crippen LogP contribution in [0.1, 0.15) is 91.3 Å². The number of carbonyl (C=O) groups excluding carboxylic acids is 4. The average molecular weight is 842 g/mol. The monoisotopic (exact) mass is 841 g/mol. The highest BCUT2D eigenvalue weighted by atomic mass is 32.2. The number of amides is 4. The molecule has 4 N–H and O–H groups in total. The smallest absolute Gasteiger partial charge is 0.408 e. The summed E-state index contributed by atoms with van der Waals surface area (Å²) in [4.78, 5) is 59.8. The Labute approximate surface area is 351 Å². The molecular formula is C45H55N5O9S. The Morgan fingerprint density at radius 1 is 0.933 bits per heavy atom. The van der Waals surface area contributed by atoms with Crippen molar-refractivity contribution in [2.45, 2.75) is 97.9 Å². The SMILES string of the molecule is CCC[C@@H]1NC(=O)[C@H](NC(=O)[C@@H](NC(=O)OC(C)(C)C)C(C)(C)C)c2ccc(Oc3cc(-c4ccccc4)nc4cc(OC)ccc34)c(c2)/C=C\CCCS(=O)(=O)NC1=O. The molecule has 60 heavy (non-hydrogen) atoms. The normalized spacial score (nSPS) is 18.4. The van der Waals surface area contributed by atoms with Crippen molar-refractivity contribution in [3.8, 4) is 28.5 Å². The summed E-state index contributed by atoms with van der Waals surface area (Å²) in [5.41, 5.74) is 1.29. The van der Waals surface area contributed by atoms with Gasteiger partial charge in [-0.15, -0.1) is 0 Å². The zero-order valence-corrected chi connectivity index (χ0v) is 36.2. The Kier molecular flexibility index (Phi) is 14.3. The summed E-state index contributed by atoms with van der Waals surface area (Å²) >= 11 is 0. The number of allylic oxidation sites excluding steroid dienone is 1. The van der Waals surface area contributed by atoms with Crippen LogP contribution in [0, 0.1) is 5.41 Å². The molecule has 1 aromatic heterocycles. The number of hydrogen-bond acceptors (Lipinski definition) is 10. The second-order valence-corrected chi connectivity index (χ2v) is 18.6. The number of rotatable bonds is 9. The van der Waals surface area contributed by atoms with Gasteiger partial charge in [0.2, 0.25) is 21.8 Å². The molecule has 0 unspecified atom stereocenters. The number of ether oxygens (including phenoxy) is 3. The molecule has 15 heteroatoms. The number of nitrogens with zero attached hydrogens (tertiary/aromatic N) is 1. The van der Waals surface area contributed by atoms with Crippen molar-refractivity contribution < 1.29 is 41.8 Å². The van der Waals surface area contributed by atoms with E-state index < -0.39 is 63.0 Å². The quantitative estimate of drug-likeness (QED) is 0.133. The van der Waals surface area contributed by atoms with E-state index in [0.717, 1.165) is 5.56 Å². The van der Waals surface area contributed by atoms with Crippen molar-refractivity contribution in [2.75, 3.05) is 12.9 Å². The first-order valence-electron chi connectivity index (χ1n) is 19.9. The Hall–Kier alpha value is -5.96. The van der Waals surface area contributed by atoms with Crippen LogP contribution in [-0.4, -0.2) is 67.8 Å². The van der Waals surface area contributed by atoms with Crippen molar-refractivity contribution >= 4 is 50.8 Å². The highest BCUT2D eigenvalue weighted by Gasteiger charge is 2.37. The molecule has 0 fully saturated rings. The maximum atomic E-state index is 14.4. The number of sulfonamides is 1. The van der Waals surface area contributed by atoms with Gasteiger partial charge in [-0.1, -0.05) is 82.7 Å². The first kappa shape index (κ1) is 45.1. The number of alkyl carbamates (subject to hydrolysis) is 1. The molecule has 3 aromatic carbocycles. The highest BCUT2D eigenvalue weighted by Crippen LogP contribution is 2.37. The third kappa shape index (κ3) is 12.1. The van der Waals surface area contributed by atoms with Gasteiger partial charge in [-0.25, -0.2) is 18.2 Å². The van der Waals surface area contributed by atoms with E-state index in [1.807, 2.05) is 54.6 Å². The van der Waals surface area contributed by atoms with E-state index in [9.17, 15) is 27.6 Å². The van der Waals surface area contributed by atoms with Gasteiger partial charge < -0.3 is 30.2 Å². The number of carbonyl (C=O) groups is 4. The van der Waals surface area contributed by atoms with E-state index in [1.165, 1.54) is 0 Å². The number of fused-ring (bicyclic) bond motifs is 3. The minimum atomic E-state index is -4.05. The number of nitrogens with one attached hydrogen (secondary N) is 4. The standard InChI is InChI=1S/C45H55N5O9S/c1-9-16-33-40(51)50-60(55,56)24-15-11-14-19-29-25-30(38(41(52)47-33)48-42(53)39(44(2,3)4)49-43(54)59-45(5,6)7)20-23-36(29)58-37-27-34(28-17-12-10-13-18-28)46-35-26-31(57-8)21-22-32(35)37/h10,12-14,17-23,25-27,33,38-39H,9,11,15-16,24H2,1-8H3,(H,47,52)(H,48,53)(H,49,54)(H,50,51)/b19-14-/t33-,38+,39+/m0/s1. The third-order valence-electron chi connectivity index (χ3n) is 9.52. The fourth-order valence-electron chi connectivity index (χ4n) is 6.55. The summed E-state index contributed by atoms with van der Waals surface area (Å²) in [6, 6.07) is 18.1. The largest absolute Gasteiger partial charge is 0.497 e. The molecule has 4 amide bonds. The first-order chi connectivity index (χ1) is 28.3. The molecule has 0 radical (unpaired) electrons. The van der Waals surface area contributed by atoms with Gasteiger partial charge in [0.1, 0.15) is 41.0 Å². The van der Waals surface area contributed by atoms with E-state index in [-0.39, 0.29) is 18.6 Å². The molecule has 0 aliphatic carbocycles. The number of methoxy groups -OCH3 is 1. The van der Waals surface area contributed by atoms with Crippen LogP contribution in [0.2, 0.25) is 0 Å². The van der Waals surface area contributed by atoms with E-state index in [2.05, 4.69) is 20.7 Å². The van der Waals surface area contributed by atoms with Crippen LogP contribution in [0.4, 0.5) is 4.79 Å². The second-order valence-electron chi connectivity index (χ2n) is 16.7. The highest BCUT2D eigenvalue weighted by molar-refractivity contribution is 7.90. The van der Waals surface area contributed by atoms with Crippen LogP contribution in [0.25, 0.3) is 28.2 Å². The van der Waals surface area contributed by atoms with Gasteiger partial charge in [0.25, 0.3) is 5.91 Å². The van der Waals surface area contributed by atoms with Crippen LogP contribution in [-0.2, 0) is 29.1 Å². The molecule has 5 rings (SSSR count). The Balaban J connectivity index is 1.63. The maximum Gasteiger partial charge on any atom is 0.408 e. The molecule has 3 atom stereocenters. The molecule has 14 nitrogen and oxygen atoms in total. The van der Waals surface area contributed by atoms with E-state index in [4.69, 9.17) is 19.2 Å². The number of aromatic nitrogens is 1. The summed E-state index contributed by atoms with van der Waals surface area (Å²) in [6.07, 6.45) is 3.80. The minimum absolute atomic E-state index is 0.120. The maximum absolute atomic E-state index is 14.4. The van der Waals surface area contributed by atoms with Gasteiger partial charge in [0, 0.05) is 28.6 Å². The average Bonchev–Trinajstić information content (AvgIpc) is 3.17. The van der Waals surface area contributed by atoms with Gasteiger partial charge in [-0.05, 0) is 75.3 Å². The predicted octanol–water partition coefficient (Wildman–Crippen LogP) is 7.34. The van der Waals surface area contributed by atoms with Crippen LogP contribution < -0.4 is 30.1 Å². The van der Waals surface area contributed by atoms with Crippen molar-refractivity contribution in [3.05, 3.63) is 90.0 Å². The van der Waals surface area contributed by atoms with Crippen LogP contribution >= 0.6 is 0 Å². The molecule has 4 aromatic rings. The Morgan fingerprint density at radius 3 is 2.33 bits per heavy atom. The molecule has 0 saturated heterocycles. The lowest BCUT2D eigenvalue weighted by atomic mass is 9.86.